The van der Waals surface area contributed by atoms with Crippen LogP contribution in [0.5, 0.6) is 0 Å². The summed E-state index contributed by atoms with van der Waals surface area (Å²) < 4.78 is 4.61. The first-order valence-corrected chi connectivity index (χ1v) is 5.97. The van der Waals surface area contributed by atoms with Crippen LogP contribution in [0.1, 0.15) is 19.8 Å². The van der Waals surface area contributed by atoms with Gasteiger partial charge in [-0.2, -0.15) is 0 Å². The number of amides is 3. The highest BCUT2D eigenvalue weighted by Gasteiger charge is 2.34. The fourth-order valence-corrected chi connectivity index (χ4v) is 1.33. The van der Waals surface area contributed by atoms with Crippen molar-refractivity contribution in [3.05, 3.63) is 10.4 Å². The average molecular weight is 299 g/mol. The van der Waals surface area contributed by atoms with Gasteiger partial charge in [0.2, 0.25) is 0 Å². The van der Waals surface area contributed by atoms with Crippen LogP contribution in [0.3, 0.4) is 0 Å². The lowest BCUT2D eigenvalue weighted by Gasteiger charge is -2.16. The summed E-state index contributed by atoms with van der Waals surface area (Å²) in [5, 5.41) is 5.67. The Morgan fingerprint density at radius 3 is 2.62 bits per heavy atom. The zero-order valence-corrected chi connectivity index (χ0v) is 11.1. The van der Waals surface area contributed by atoms with Crippen molar-refractivity contribution >= 4 is 23.9 Å². The fraction of sp³-hybridized carbons (Fsp3) is 0.600. The molecule has 11 nitrogen and oxygen atoms in total. The Kier molecular flexibility index (Phi) is 5.96. The molecule has 1 unspecified atom stereocenters. The van der Waals surface area contributed by atoms with E-state index >= 15 is 0 Å². The van der Waals surface area contributed by atoms with Crippen molar-refractivity contribution in [3.63, 3.8) is 0 Å². The van der Waals surface area contributed by atoms with E-state index in [1.165, 1.54) is 6.92 Å². The van der Waals surface area contributed by atoms with Crippen LogP contribution in [0.15, 0.2) is 5.11 Å². The molecule has 0 radical (unpaired) electrons. The van der Waals surface area contributed by atoms with Crippen LogP contribution in [0, 0.1) is 0 Å². The van der Waals surface area contributed by atoms with Gasteiger partial charge in [0.1, 0.15) is 6.04 Å². The molecule has 0 aromatic rings. The number of hydroxylamine groups is 2. The maximum Gasteiger partial charge on any atom is 0.407 e. The molecular formula is C10H13N5O6. The second-order valence-electron chi connectivity index (χ2n) is 3.95. The molecule has 114 valence electrons. The molecule has 0 bridgehead atoms. The van der Waals surface area contributed by atoms with Crippen LogP contribution in [-0.4, -0.2) is 48.1 Å². The Hall–Kier alpha value is -2.81. The van der Waals surface area contributed by atoms with Gasteiger partial charge in [-0.25, -0.2) is 9.59 Å². The van der Waals surface area contributed by atoms with E-state index in [1.807, 2.05) is 0 Å². The van der Waals surface area contributed by atoms with Crippen LogP contribution >= 0.6 is 0 Å². The van der Waals surface area contributed by atoms with Gasteiger partial charge in [0.05, 0.1) is 13.2 Å². The monoisotopic (exact) mass is 299 g/mol. The summed E-state index contributed by atoms with van der Waals surface area (Å²) in [4.78, 5) is 52.4. The lowest BCUT2D eigenvalue weighted by Crippen LogP contribution is -2.44. The number of azide groups is 1. The normalized spacial score (nSPS) is 15.2. The first kappa shape index (κ1) is 16.2. The first-order valence-electron chi connectivity index (χ1n) is 5.97. The molecule has 0 saturated carbocycles. The Labute approximate surface area is 118 Å². The fourth-order valence-electron chi connectivity index (χ4n) is 1.33. The van der Waals surface area contributed by atoms with Gasteiger partial charge in [-0.15, -0.1) is 5.06 Å². The molecule has 1 heterocycles. The van der Waals surface area contributed by atoms with Gasteiger partial charge in [-0.05, 0) is 12.5 Å². The van der Waals surface area contributed by atoms with Crippen molar-refractivity contribution in [3.8, 4) is 0 Å². The highest BCUT2D eigenvalue weighted by Crippen LogP contribution is 2.12. The lowest BCUT2D eigenvalue weighted by atomic mass is 10.3. The zero-order chi connectivity index (χ0) is 15.8. The maximum atomic E-state index is 11.6. The Morgan fingerprint density at radius 1 is 1.43 bits per heavy atom. The summed E-state index contributed by atoms with van der Waals surface area (Å²) in [5.41, 5.74) is 8.01. The van der Waals surface area contributed by atoms with Crippen molar-refractivity contribution < 1.29 is 28.8 Å². The minimum Gasteiger partial charge on any atom is -0.449 e. The summed E-state index contributed by atoms with van der Waals surface area (Å²) in [6.45, 7) is 1.10. The van der Waals surface area contributed by atoms with Gasteiger partial charge in [0, 0.05) is 17.8 Å². The van der Waals surface area contributed by atoms with Gasteiger partial charge in [0.25, 0.3) is 11.8 Å². The van der Waals surface area contributed by atoms with Crippen LogP contribution in [-0.2, 0) is 24.0 Å². The number of rotatable bonds is 6. The molecule has 1 rings (SSSR count). The number of hydrogen-bond acceptors (Lipinski definition) is 7. The van der Waals surface area contributed by atoms with Crippen molar-refractivity contribution in [2.24, 2.45) is 5.11 Å². The number of imide groups is 1. The van der Waals surface area contributed by atoms with E-state index in [9.17, 15) is 19.2 Å². The topological polar surface area (TPSA) is 151 Å². The van der Waals surface area contributed by atoms with Gasteiger partial charge in [-0.1, -0.05) is 5.11 Å². The van der Waals surface area contributed by atoms with E-state index in [2.05, 4.69) is 24.9 Å². The predicted molar refractivity (Wildman–Crippen MR) is 65.1 cm³/mol. The molecule has 0 spiro atoms. The largest absolute Gasteiger partial charge is 0.449 e. The summed E-state index contributed by atoms with van der Waals surface area (Å²) in [6, 6.07) is -1.13. The van der Waals surface area contributed by atoms with Crippen LogP contribution in [0.25, 0.3) is 10.4 Å². The second-order valence-corrected chi connectivity index (χ2v) is 3.95. The molecule has 0 aliphatic carbocycles. The molecule has 3 amide bonds. The van der Waals surface area contributed by atoms with E-state index in [4.69, 9.17) is 5.53 Å². The van der Waals surface area contributed by atoms with Gasteiger partial charge < -0.3 is 14.9 Å². The second kappa shape index (κ2) is 7.70. The molecule has 1 N–H and O–H groups in total. The van der Waals surface area contributed by atoms with E-state index < -0.39 is 29.9 Å². The Balaban J connectivity index is 2.36. The zero-order valence-electron chi connectivity index (χ0n) is 11.1. The minimum atomic E-state index is -1.13. The van der Waals surface area contributed by atoms with E-state index in [1.54, 1.807) is 0 Å². The number of nitrogens with zero attached hydrogens (tertiary/aromatic N) is 4. The Bertz CT molecular complexity index is 484. The van der Waals surface area contributed by atoms with E-state index in [-0.39, 0.29) is 26.0 Å². The SMILES string of the molecule is CC(NC(=O)OCCN=[N+]=[N-])C(=O)ON1C(=O)CCC1=O. The highest BCUT2D eigenvalue weighted by molar-refractivity contribution is 6.01. The average Bonchev–Trinajstić information content (AvgIpc) is 2.75. The number of carbonyl (C=O) groups is 4. The van der Waals surface area contributed by atoms with Crippen molar-refractivity contribution in [1.82, 2.24) is 10.4 Å². The molecule has 21 heavy (non-hydrogen) atoms. The molecule has 0 aromatic heterocycles. The van der Waals surface area contributed by atoms with Crippen molar-refractivity contribution in [1.29, 1.82) is 0 Å². The Morgan fingerprint density at radius 2 is 2.05 bits per heavy atom. The van der Waals surface area contributed by atoms with Crippen LogP contribution in [0.4, 0.5) is 4.79 Å². The summed E-state index contributed by atoms with van der Waals surface area (Å²) >= 11 is 0. The van der Waals surface area contributed by atoms with Crippen molar-refractivity contribution in [2.75, 3.05) is 13.2 Å². The quantitative estimate of drug-likeness (QED) is 0.240. The minimum absolute atomic E-state index is 0.0185. The molecule has 11 heteroatoms. The lowest BCUT2D eigenvalue weighted by molar-refractivity contribution is -0.198. The highest BCUT2D eigenvalue weighted by atomic mass is 16.7. The summed E-state index contributed by atoms with van der Waals surface area (Å²) in [7, 11) is 0. The smallest absolute Gasteiger partial charge is 0.407 e. The molecule has 0 aromatic carbocycles. The molecule has 1 fully saturated rings. The van der Waals surface area contributed by atoms with E-state index in [0.717, 1.165) is 0 Å². The predicted octanol–water partition coefficient (Wildman–Crippen LogP) is 0.0186. The molecular weight excluding hydrogens is 286 g/mol. The standard InChI is InChI=1S/C10H13N5O6/c1-6(13-10(19)20-5-4-12-14-11)9(18)21-15-7(16)2-3-8(15)17/h6H,2-5H2,1H3,(H,13,19). The first-order chi connectivity index (χ1) is 9.95. The third-order valence-corrected chi connectivity index (χ3v) is 2.36. The number of carbonyl (C=O) groups excluding carboxylic acids is 4. The molecule has 1 aliphatic rings. The molecule has 1 saturated heterocycles. The van der Waals surface area contributed by atoms with E-state index in [0.29, 0.717) is 5.06 Å². The summed E-state index contributed by atoms with van der Waals surface area (Å²) in [6.07, 6.45) is -0.961. The van der Waals surface area contributed by atoms with Gasteiger partial charge in [-0.3, -0.25) is 9.59 Å². The third-order valence-electron chi connectivity index (χ3n) is 2.36. The van der Waals surface area contributed by atoms with Crippen LogP contribution in [0.2, 0.25) is 0 Å². The van der Waals surface area contributed by atoms with Crippen molar-refractivity contribution in [2.45, 2.75) is 25.8 Å². The number of alkyl carbamates (subject to hydrolysis) is 1. The van der Waals surface area contributed by atoms with Gasteiger partial charge in [0.15, 0.2) is 0 Å². The maximum absolute atomic E-state index is 11.6. The number of nitrogens with one attached hydrogen (secondary N) is 1. The van der Waals surface area contributed by atoms with Crippen LogP contribution < -0.4 is 5.32 Å². The number of ether oxygens (including phenoxy) is 1. The molecule has 1 atom stereocenters. The summed E-state index contributed by atoms with van der Waals surface area (Å²) in [5.74, 6) is -2.21. The third kappa shape index (κ3) is 4.99. The number of hydrogen-bond donors (Lipinski definition) is 1. The van der Waals surface area contributed by atoms with Gasteiger partial charge >= 0.3 is 12.1 Å². The molecule has 1 aliphatic heterocycles.